The lowest BCUT2D eigenvalue weighted by Crippen LogP contribution is -2.21. The summed E-state index contributed by atoms with van der Waals surface area (Å²) in [6, 6.07) is 4.85. The van der Waals surface area contributed by atoms with E-state index >= 15 is 0 Å². The molecule has 0 aliphatic heterocycles. The number of hydrogen-bond donors (Lipinski definition) is 1. The molecule has 16 heavy (non-hydrogen) atoms. The first-order valence-electron chi connectivity index (χ1n) is 5.68. The fourth-order valence-electron chi connectivity index (χ4n) is 1.90. The van der Waals surface area contributed by atoms with Crippen LogP contribution in [0.1, 0.15) is 35.9 Å². The molecule has 0 aromatic carbocycles. The molecule has 1 nitrogen and oxygen atoms in total. The monoisotopic (exact) mass is 251 g/mol. The summed E-state index contributed by atoms with van der Waals surface area (Å²) in [4.78, 5) is 1.47. The van der Waals surface area contributed by atoms with Gasteiger partial charge in [-0.1, -0.05) is 13.8 Å². The van der Waals surface area contributed by atoms with E-state index < -0.39 is 0 Å². The van der Waals surface area contributed by atoms with Gasteiger partial charge in [-0.2, -0.15) is 11.3 Å². The van der Waals surface area contributed by atoms with E-state index in [1.165, 1.54) is 16.0 Å². The van der Waals surface area contributed by atoms with Gasteiger partial charge in [0.25, 0.3) is 0 Å². The third-order valence-electron chi connectivity index (χ3n) is 2.71. The highest BCUT2D eigenvalue weighted by molar-refractivity contribution is 7.10. The molecule has 2 rings (SSSR count). The quantitative estimate of drug-likeness (QED) is 0.844. The van der Waals surface area contributed by atoms with E-state index in [4.69, 9.17) is 0 Å². The Morgan fingerprint density at radius 1 is 1.25 bits per heavy atom. The number of rotatable bonds is 5. The lowest BCUT2D eigenvalue weighted by molar-refractivity contribution is 0.637. The molecule has 0 spiro atoms. The van der Waals surface area contributed by atoms with Gasteiger partial charge in [0.05, 0.1) is 6.04 Å². The summed E-state index contributed by atoms with van der Waals surface area (Å²) in [7, 11) is 0. The summed E-state index contributed by atoms with van der Waals surface area (Å²) in [6.07, 6.45) is 1.12. The number of aryl methyl sites for hydroxylation is 1. The van der Waals surface area contributed by atoms with Crippen LogP contribution in [0.4, 0.5) is 0 Å². The Morgan fingerprint density at radius 3 is 2.75 bits per heavy atom. The van der Waals surface area contributed by atoms with Crippen LogP contribution < -0.4 is 5.32 Å². The van der Waals surface area contributed by atoms with Crippen molar-refractivity contribution < 1.29 is 0 Å². The Hall–Kier alpha value is -0.640. The fourth-order valence-corrected chi connectivity index (χ4v) is 3.68. The van der Waals surface area contributed by atoms with Crippen LogP contribution in [-0.4, -0.2) is 6.54 Å². The molecule has 2 aromatic rings. The minimum Gasteiger partial charge on any atom is -0.306 e. The zero-order valence-corrected chi connectivity index (χ0v) is 11.3. The Balaban J connectivity index is 2.33. The molecule has 0 amide bonds. The van der Waals surface area contributed by atoms with E-state index in [9.17, 15) is 0 Å². The van der Waals surface area contributed by atoms with E-state index in [-0.39, 0.29) is 0 Å². The van der Waals surface area contributed by atoms with Crippen molar-refractivity contribution in [3.63, 3.8) is 0 Å². The van der Waals surface area contributed by atoms with Crippen LogP contribution in [-0.2, 0) is 6.42 Å². The molecule has 1 unspecified atom stereocenters. The summed E-state index contributed by atoms with van der Waals surface area (Å²) in [6.45, 7) is 5.39. The topological polar surface area (TPSA) is 12.0 Å². The molecule has 2 aromatic heterocycles. The summed E-state index contributed by atoms with van der Waals surface area (Å²) in [5.41, 5.74) is 2.87. The lowest BCUT2D eigenvalue weighted by atomic mass is 10.0. The van der Waals surface area contributed by atoms with Crippen LogP contribution in [0.3, 0.4) is 0 Å². The Bertz CT molecular complexity index is 417. The Morgan fingerprint density at radius 2 is 2.12 bits per heavy atom. The molecular formula is C13H17NS2. The van der Waals surface area contributed by atoms with Crippen molar-refractivity contribution in [3.05, 3.63) is 44.3 Å². The molecule has 86 valence electrons. The SMILES string of the molecule is CCNC(c1ccsc1)c1sccc1CC. The molecule has 0 fully saturated rings. The molecule has 1 N–H and O–H groups in total. The fraction of sp³-hybridized carbons (Fsp3) is 0.385. The summed E-state index contributed by atoms with van der Waals surface area (Å²) in [5, 5.41) is 10.2. The van der Waals surface area contributed by atoms with Crippen molar-refractivity contribution in [3.8, 4) is 0 Å². The van der Waals surface area contributed by atoms with E-state index in [0.717, 1.165) is 13.0 Å². The zero-order chi connectivity index (χ0) is 11.4. The molecule has 0 radical (unpaired) electrons. The third kappa shape index (κ3) is 2.37. The average molecular weight is 251 g/mol. The van der Waals surface area contributed by atoms with E-state index in [1.807, 2.05) is 11.3 Å². The van der Waals surface area contributed by atoms with Crippen LogP contribution in [0.15, 0.2) is 28.3 Å². The lowest BCUT2D eigenvalue weighted by Gasteiger charge is -2.17. The maximum Gasteiger partial charge on any atom is 0.0681 e. The van der Waals surface area contributed by atoms with Gasteiger partial charge in [0.15, 0.2) is 0 Å². The van der Waals surface area contributed by atoms with Gasteiger partial charge in [0.2, 0.25) is 0 Å². The average Bonchev–Trinajstić information content (AvgIpc) is 2.96. The molecule has 0 aliphatic carbocycles. The molecule has 1 atom stereocenters. The molecule has 0 aliphatic rings. The van der Waals surface area contributed by atoms with E-state index in [1.54, 1.807) is 11.3 Å². The second-order valence-corrected chi connectivity index (χ2v) is 5.44. The number of hydrogen-bond acceptors (Lipinski definition) is 3. The van der Waals surface area contributed by atoms with Crippen molar-refractivity contribution >= 4 is 22.7 Å². The first-order chi connectivity index (χ1) is 7.86. The molecule has 2 heterocycles. The van der Waals surface area contributed by atoms with E-state index in [2.05, 4.69) is 47.4 Å². The molecule has 0 bridgehead atoms. The van der Waals surface area contributed by atoms with Gasteiger partial charge in [0, 0.05) is 4.88 Å². The summed E-state index contributed by atoms with van der Waals surface area (Å²) < 4.78 is 0. The van der Waals surface area contributed by atoms with Crippen molar-refractivity contribution in [1.29, 1.82) is 0 Å². The largest absolute Gasteiger partial charge is 0.306 e. The van der Waals surface area contributed by atoms with Crippen molar-refractivity contribution in [2.45, 2.75) is 26.3 Å². The maximum absolute atomic E-state index is 3.58. The highest BCUT2D eigenvalue weighted by Gasteiger charge is 2.17. The van der Waals surface area contributed by atoms with Gasteiger partial charge >= 0.3 is 0 Å². The minimum atomic E-state index is 0.381. The van der Waals surface area contributed by atoms with Gasteiger partial charge < -0.3 is 5.32 Å². The highest BCUT2D eigenvalue weighted by atomic mass is 32.1. The zero-order valence-electron chi connectivity index (χ0n) is 9.69. The Labute approximate surface area is 105 Å². The highest BCUT2D eigenvalue weighted by Crippen LogP contribution is 2.31. The van der Waals surface area contributed by atoms with Crippen molar-refractivity contribution in [1.82, 2.24) is 5.32 Å². The second kappa shape index (κ2) is 5.62. The summed E-state index contributed by atoms with van der Waals surface area (Å²) in [5.74, 6) is 0. The van der Waals surface area contributed by atoms with Gasteiger partial charge in [0.1, 0.15) is 0 Å². The van der Waals surface area contributed by atoms with Gasteiger partial charge in [-0.3, -0.25) is 0 Å². The predicted octanol–water partition coefficient (Wildman–Crippen LogP) is 4.07. The Kier molecular flexibility index (Phi) is 4.16. The van der Waals surface area contributed by atoms with Crippen molar-refractivity contribution in [2.75, 3.05) is 6.54 Å². The van der Waals surface area contributed by atoms with Crippen molar-refractivity contribution in [2.24, 2.45) is 0 Å². The normalized spacial score (nSPS) is 12.9. The second-order valence-electron chi connectivity index (χ2n) is 3.71. The molecular weight excluding hydrogens is 234 g/mol. The molecule has 0 saturated heterocycles. The van der Waals surface area contributed by atoms with Gasteiger partial charge in [-0.05, 0) is 52.4 Å². The van der Waals surface area contributed by atoms with Gasteiger partial charge in [-0.15, -0.1) is 11.3 Å². The first-order valence-corrected chi connectivity index (χ1v) is 7.50. The standard InChI is InChI=1S/C13H17NS2/c1-3-10-6-8-16-13(10)12(14-4-2)11-5-7-15-9-11/h5-9,12,14H,3-4H2,1-2H3. The van der Waals surface area contributed by atoms with Crippen LogP contribution in [0.5, 0.6) is 0 Å². The first kappa shape index (κ1) is 11.8. The number of nitrogens with one attached hydrogen (secondary N) is 1. The molecule has 0 saturated carbocycles. The maximum atomic E-state index is 3.58. The third-order valence-corrected chi connectivity index (χ3v) is 4.43. The molecule has 3 heteroatoms. The van der Waals surface area contributed by atoms with Crippen LogP contribution in [0.25, 0.3) is 0 Å². The minimum absolute atomic E-state index is 0.381. The predicted molar refractivity (Wildman–Crippen MR) is 73.5 cm³/mol. The summed E-state index contributed by atoms with van der Waals surface area (Å²) >= 11 is 3.63. The van der Waals surface area contributed by atoms with Crippen LogP contribution >= 0.6 is 22.7 Å². The van der Waals surface area contributed by atoms with Crippen LogP contribution in [0, 0.1) is 0 Å². The number of thiophene rings is 2. The van der Waals surface area contributed by atoms with Gasteiger partial charge in [-0.25, -0.2) is 0 Å². The smallest absolute Gasteiger partial charge is 0.0681 e. The van der Waals surface area contributed by atoms with E-state index in [0.29, 0.717) is 6.04 Å². The van der Waals surface area contributed by atoms with Crippen LogP contribution in [0.2, 0.25) is 0 Å².